The number of aliphatic carboxylic acids is 1. The molecule has 2 atom stereocenters. The number of nitrogens with one attached hydrogen (secondary N) is 2. The van der Waals surface area contributed by atoms with Gasteiger partial charge in [0.05, 0.1) is 6.04 Å². The fourth-order valence-electron chi connectivity index (χ4n) is 1.93. The number of amides is 2. The van der Waals surface area contributed by atoms with Gasteiger partial charge in [-0.3, -0.25) is 4.79 Å². The van der Waals surface area contributed by atoms with Crippen LogP contribution in [-0.4, -0.2) is 23.7 Å². The largest absolute Gasteiger partial charge is 0.481 e. The number of halogens is 1. The van der Waals surface area contributed by atoms with Crippen LogP contribution in [0.2, 0.25) is 0 Å². The monoisotopic (exact) mass is 296 g/mol. The zero-order chi connectivity index (χ0) is 15.8. The SMILES string of the molecule is CCC(CNC(=O)NC(C)c1ccc(F)cc1)CC(=O)O. The van der Waals surface area contributed by atoms with Crippen molar-refractivity contribution in [2.24, 2.45) is 5.92 Å². The molecule has 1 rings (SSSR count). The summed E-state index contributed by atoms with van der Waals surface area (Å²) in [6.45, 7) is 3.99. The molecule has 21 heavy (non-hydrogen) atoms. The Labute approximate surface area is 123 Å². The molecule has 2 unspecified atom stereocenters. The van der Waals surface area contributed by atoms with Crippen LogP contribution in [0, 0.1) is 11.7 Å². The predicted octanol–water partition coefficient (Wildman–Crippen LogP) is 2.69. The maximum absolute atomic E-state index is 12.8. The van der Waals surface area contributed by atoms with Crippen LogP contribution in [-0.2, 0) is 4.79 Å². The van der Waals surface area contributed by atoms with E-state index in [1.54, 1.807) is 19.1 Å². The molecule has 0 aliphatic carbocycles. The summed E-state index contributed by atoms with van der Waals surface area (Å²) < 4.78 is 12.8. The van der Waals surface area contributed by atoms with Crippen molar-refractivity contribution < 1.29 is 19.1 Å². The van der Waals surface area contributed by atoms with Gasteiger partial charge in [-0.1, -0.05) is 25.5 Å². The molecule has 0 saturated carbocycles. The zero-order valence-corrected chi connectivity index (χ0v) is 12.2. The average molecular weight is 296 g/mol. The molecule has 2 amide bonds. The number of benzene rings is 1. The molecule has 3 N–H and O–H groups in total. The average Bonchev–Trinajstić information content (AvgIpc) is 2.43. The molecule has 6 heteroatoms. The number of urea groups is 1. The van der Waals surface area contributed by atoms with Gasteiger partial charge in [-0.2, -0.15) is 0 Å². The Bertz CT molecular complexity index is 476. The highest BCUT2D eigenvalue weighted by Gasteiger charge is 2.14. The molecule has 1 aromatic rings. The Morgan fingerprint density at radius 1 is 1.29 bits per heavy atom. The zero-order valence-electron chi connectivity index (χ0n) is 12.2. The van der Waals surface area contributed by atoms with Crippen LogP contribution >= 0.6 is 0 Å². The first-order valence-corrected chi connectivity index (χ1v) is 6.94. The van der Waals surface area contributed by atoms with Crippen LogP contribution in [0.3, 0.4) is 0 Å². The van der Waals surface area contributed by atoms with Crippen LogP contribution < -0.4 is 10.6 Å². The van der Waals surface area contributed by atoms with Gasteiger partial charge >= 0.3 is 12.0 Å². The van der Waals surface area contributed by atoms with Gasteiger partial charge < -0.3 is 15.7 Å². The molecule has 0 saturated heterocycles. The standard InChI is InChI=1S/C15H21FN2O3/c1-3-11(8-14(19)20)9-17-15(21)18-10(2)12-4-6-13(16)7-5-12/h4-7,10-11H,3,8-9H2,1-2H3,(H,19,20)(H2,17,18,21). The minimum atomic E-state index is -0.872. The third-order valence-electron chi connectivity index (χ3n) is 3.31. The molecule has 0 heterocycles. The van der Waals surface area contributed by atoms with Crippen molar-refractivity contribution in [2.45, 2.75) is 32.7 Å². The summed E-state index contributed by atoms with van der Waals surface area (Å²) >= 11 is 0. The highest BCUT2D eigenvalue weighted by Crippen LogP contribution is 2.12. The number of carbonyl (C=O) groups excluding carboxylic acids is 1. The van der Waals surface area contributed by atoms with Gasteiger partial charge in [0, 0.05) is 13.0 Å². The van der Waals surface area contributed by atoms with Crippen LogP contribution in [0.25, 0.3) is 0 Å². The highest BCUT2D eigenvalue weighted by molar-refractivity contribution is 5.74. The summed E-state index contributed by atoms with van der Waals surface area (Å²) in [6, 6.07) is 5.27. The van der Waals surface area contributed by atoms with E-state index < -0.39 is 5.97 Å². The van der Waals surface area contributed by atoms with Gasteiger partial charge in [-0.25, -0.2) is 9.18 Å². The first kappa shape index (κ1) is 16.9. The van der Waals surface area contributed by atoms with E-state index in [1.807, 2.05) is 6.92 Å². The normalized spacial score (nSPS) is 13.3. The Balaban J connectivity index is 2.42. The molecule has 0 fully saturated rings. The van der Waals surface area contributed by atoms with Crippen LogP contribution in [0.15, 0.2) is 24.3 Å². The lowest BCUT2D eigenvalue weighted by atomic mass is 10.0. The Kier molecular flexibility index (Phi) is 6.65. The summed E-state index contributed by atoms with van der Waals surface area (Å²) in [5.41, 5.74) is 0.795. The number of carboxylic acid groups (broad SMARTS) is 1. The van der Waals surface area contributed by atoms with Crippen LogP contribution in [0.4, 0.5) is 9.18 Å². The van der Waals surface area contributed by atoms with Gasteiger partial charge in [-0.15, -0.1) is 0 Å². The van der Waals surface area contributed by atoms with E-state index in [9.17, 15) is 14.0 Å². The van der Waals surface area contributed by atoms with Gasteiger partial charge in [0.1, 0.15) is 5.82 Å². The molecule has 116 valence electrons. The lowest BCUT2D eigenvalue weighted by Crippen LogP contribution is -2.39. The second kappa shape index (κ2) is 8.24. The predicted molar refractivity (Wildman–Crippen MR) is 77.4 cm³/mol. The van der Waals surface area contributed by atoms with E-state index in [4.69, 9.17) is 5.11 Å². The van der Waals surface area contributed by atoms with E-state index in [-0.39, 0.29) is 30.2 Å². The first-order valence-electron chi connectivity index (χ1n) is 6.94. The molecule has 0 radical (unpaired) electrons. The summed E-state index contributed by atoms with van der Waals surface area (Å²) in [4.78, 5) is 22.4. The lowest BCUT2D eigenvalue weighted by Gasteiger charge is -2.17. The van der Waals surface area contributed by atoms with Crippen molar-refractivity contribution in [1.29, 1.82) is 0 Å². The van der Waals surface area contributed by atoms with E-state index in [0.717, 1.165) is 5.56 Å². The van der Waals surface area contributed by atoms with Crippen LogP contribution in [0.5, 0.6) is 0 Å². The fraction of sp³-hybridized carbons (Fsp3) is 0.467. The van der Waals surface area contributed by atoms with Crippen molar-refractivity contribution in [3.8, 4) is 0 Å². The van der Waals surface area contributed by atoms with Gasteiger partial charge in [0.2, 0.25) is 0 Å². The first-order chi connectivity index (χ1) is 9.92. The summed E-state index contributed by atoms with van der Waals surface area (Å²) in [6.07, 6.45) is 0.713. The second-order valence-corrected chi connectivity index (χ2v) is 5.00. The molecule has 0 aliphatic heterocycles. The third kappa shape index (κ3) is 6.25. The Hall–Kier alpha value is -2.11. The van der Waals surface area contributed by atoms with Gasteiger partial charge in [0.25, 0.3) is 0 Å². The minimum absolute atomic E-state index is 0.0320. The number of hydrogen-bond acceptors (Lipinski definition) is 2. The van der Waals surface area contributed by atoms with Gasteiger partial charge in [-0.05, 0) is 30.5 Å². The molecule has 1 aromatic carbocycles. The van der Waals surface area contributed by atoms with Crippen molar-refractivity contribution >= 4 is 12.0 Å². The number of rotatable bonds is 7. The quantitative estimate of drug-likeness (QED) is 0.724. The smallest absolute Gasteiger partial charge is 0.315 e. The molecule has 0 spiro atoms. The van der Waals surface area contributed by atoms with E-state index in [0.29, 0.717) is 13.0 Å². The van der Waals surface area contributed by atoms with E-state index >= 15 is 0 Å². The molecule has 0 aromatic heterocycles. The Morgan fingerprint density at radius 3 is 2.43 bits per heavy atom. The van der Waals surface area contributed by atoms with Crippen molar-refractivity contribution in [3.63, 3.8) is 0 Å². The highest BCUT2D eigenvalue weighted by atomic mass is 19.1. The minimum Gasteiger partial charge on any atom is -0.481 e. The Morgan fingerprint density at radius 2 is 1.90 bits per heavy atom. The van der Waals surface area contributed by atoms with Crippen molar-refractivity contribution in [3.05, 3.63) is 35.6 Å². The van der Waals surface area contributed by atoms with E-state index in [1.165, 1.54) is 12.1 Å². The number of carbonyl (C=O) groups is 2. The summed E-state index contributed by atoms with van der Waals surface area (Å²) in [5, 5.41) is 14.1. The molecule has 0 aliphatic rings. The van der Waals surface area contributed by atoms with Gasteiger partial charge in [0.15, 0.2) is 0 Å². The lowest BCUT2D eigenvalue weighted by molar-refractivity contribution is -0.138. The molecular formula is C15H21FN2O3. The summed E-state index contributed by atoms with van der Waals surface area (Å²) in [7, 11) is 0. The van der Waals surface area contributed by atoms with Crippen molar-refractivity contribution in [1.82, 2.24) is 10.6 Å². The maximum atomic E-state index is 12.8. The summed E-state index contributed by atoms with van der Waals surface area (Å²) in [5.74, 6) is -1.28. The number of carboxylic acids is 1. The molecule has 0 bridgehead atoms. The fourth-order valence-corrected chi connectivity index (χ4v) is 1.93. The van der Waals surface area contributed by atoms with Crippen LogP contribution in [0.1, 0.15) is 38.3 Å². The second-order valence-electron chi connectivity index (χ2n) is 5.00. The molecule has 5 nitrogen and oxygen atoms in total. The number of hydrogen-bond donors (Lipinski definition) is 3. The van der Waals surface area contributed by atoms with E-state index in [2.05, 4.69) is 10.6 Å². The maximum Gasteiger partial charge on any atom is 0.315 e. The van der Waals surface area contributed by atoms with Crippen molar-refractivity contribution in [2.75, 3.05) is 6.54 Å². The third-order valence-corrected chi connectivity index (χ3v) is 3.31. The topological polar surface area (TPSA) is 78.4 Å². The molecular weight excluding hydrogens is 275 g/mol.